The highest BCUT2D eigenvalue weighted by molar-refractivity contribution is 5.77. The van der Waals surface area contributed by atoms with Crippen LogP contribution < -0.4 is 0 Å². The van der Waals surface area contributed by atoms with Gasteiger partial charge in [-0.05, 0) is 33.6 Å². The molecule has 1 rings (SSSR count). The van der Waals surface area contributed by atoms with Crippen molar-refractivity contribution in [3.63, 3.8) is 0 Å². The molecule has 15 heavy (non-hydrogen) atoms. The molecule has 1 heterocycles. The van der Waals surface area contributed by atoms with Crippen LogP contribution in [0.3, 0.4) is 0 Å². The smallest absolute Gasteiger partial charge is 0.314 e. The molecule has 1 atom stereocenters. The van der Waals surface area contributed by atoms with Gasteiger partial charge in [-0.2, -0.15) is 0 Å². The molecule has 1 N–H and O–H groups in total. The number of ether oxygens (including phenoxy) is 2. The number of carbonyl (C=O) groups is 1. The van der Waals surface area contributed by atoms with Crippen LogP contribution in [0.2, 0.25) is 0 Å². The van der Waals surface area contributed by atoms with Gasteiger partial charge < -0.3 is 14.6 Å². The van der Waals surface area contributed by atoms with Crippen molar-refractivity contribution in [1.29, 1.82) is 0 Å². The van der Waals surface area contributed by atoms with Crippen LogP contribution in [0, 0.1) is 5.41 Å². The lowest BCUT2D eigenvalue weighted by Crippen LogP contribution is -2.55. The number of esters is 1. The average molecular weight is 216 g/mol. The SMILES string of the molecule is CCOC(=O)C(C)(C)C1(O)CCCOC1. The summed E-state index contributed by atoms with van der Waals surface area (Å²) < 4.78 is 10.2. The van der Waals surface area contributed by atoms with E-state index in [4.69, 9.17) is 9.47 Å². The molecule has 0 radical (unpaired) electrons. The van der Waals surface area contributed by atoms with E-state index in [1.165, 1.54) is 0 Å². The van der Waals surface area contributed by atoms with Gasteiger partial charge in [0.1, 0.15) is 5.60 Å². The zero-order valence-corrected chi connectivity index (χ0v) is 9.71. The Kier molecular flexibility index (Phi) is 3.73. The molecular weight excluding hydrogens is 196 g/mol. The van der Waals surface area contributed by atoms with Crippen molar-refractivity contribution >= 4 is 5.97 Å². The highest BCUT2D eigenvalue weighted by atomic mass is 16.5. The van der Waals surface area contributed by atoms with Crippen LogP contribution in [0.4, 0.5) is 0 Å². The Morgan fingerprint density at radius 3 is 2.73 bits per heavy atom. The predicted octanol–water partition coefficient (Wildman–Crippen LogP) is 1.12. The van der Waals surface area contributed by atoms with Crippen LogP contribution in [0.1, 0.15) is 33.6 Å². The number of hydrogen-bond donors (Lipinski definition) is 1. The molecule has 0 aromatic heterocycles. The van der Waals surface area contributed by atoms with E-state index >= 15 is 0 Å². The van der Waals surface area contributed by atoms with Crippen molar-refractivity contribution in [2.24, 2.45) is 5.41 Å². The van der Waals surface area contributed by atoms with Crippen LogP contribution in [-0.4, -0.2) is 36.5 Å². The van der Waals surface area contributed by atoms with Crippen molar-refractivity contribution < 1.29 is 19.4 Å². The predicted molar refractivity (Wildman–Crippen MR) is 55.4 cm³/mol. The first-order valence-corrected chi connectivity index (χ1v) is 5.41. The maximum Gasteiger partial charge on any atom is 0.314 e. The molecule has 0 aromatic carbocycles. The standard InChI is InChI=1S/C11H20O4/c1-4-15-9(12)10(2,3)11(13)6-5-7-14-8-11/h13H,4-8H2,1-3H3. The average Bonchev–Trinajstić information content (AvgIpc) is 2.19. The Labute approximate surface area is 90.6 Å². The van der Waals surface area contributed by atoms with Crippen molar-refractivity contribution in [3.05, 3.63) is 0 Å². The second kappa shape index (κ2) is 4.49. The lowest BCUT2D eigenvalue weighted by atomic mass is 9.72. The van der Waals surface area contributed by atoms with Gasteiger partial charge in [0.05, 0.1) is 18.6 Å². The summed E-state index contributed by atoms with van der Waals surface area (Å²) in [5.74, 6) is -0.363. The van der Waals surface area contributed by atoms with E-state index < -0.39 is 11.0 Å². The third-order valence-electron chi connectivity index (χ3n) is 3.17. The van der Waals surface area contributed by atoms with E-state index in [-0.39, 0.29) is 12.6 Å². The van der Waals surface area contributed by atoms with E-state index in [1.54, 1.807) is 20.8 Å². The third-order valence-corrected chi connectivity index (χ3v) is 3.17. The summed E-state index contributed by atoms with van der Waals surface area (Å²) in [6.45, 7) is 6.37. The zero-order valence-electron chi connectivity index (χ0n) is 9.71. The first-order valence-electron chi connectivity index (χ1n) is 5.41. The summed E-state index contributed by atoms with van der Waals surface area (Å²) in [7, 11) is 0. The van der Waals surface area contributed by atoms with Crippen molar-refractivity contribution in [3.8, 4) is 0 Å². The van der Waals surface area contributed by atoms with Gasteiger partial charge >= 0.3 is 5.97 Å². The van der Waals surface area contributed by atoms with Crippen molar-refractivity contribution in [2.75, 3.05) is 19.8 Å². The summed E-state index contributed by atoms with van der Waals surface area (Å²) in [4.78, 5) is 11.7. The lowest BCUT2D eigenvalue weighted by Gasteiger charge is -2.42. The van der Waals surface area contributed by atoms with Gasteiger partial charge in [-0.3, -0.25) is 4.79 Å². The molecule has 4 nitrogen and oxygen atoms in total. The lowest BCUT2D eigenvalue weighted by molar-refractivity contribution is -0.188. The first-order chi connectivity index (χ1) is 6.94. The largest absolute Gasteiger partial charge is 0.465 e. The third kappa shape index (κ3) is 2.32. The molecule has 1 fully saturated rings. The molecule has 0 spiro atoms. The second-order valence-corrected chi connectivity index (χ2v) is 4.53. The maximum atomic E-state index is 11.7. The Morgan fingerprint density at radius 2 is 2.27 bits per heavy atom. The fraction of sp³-hybridized carbons (Fsp3) is 0.909. The van der Waals surface area contributed by atoms with Crippen LogP contribution in [0.15, 0.2) is 0 Å². The number of aliphatic hydroxyl groups is 1. The first kappa shape index (κ1) is 12.5. The number of rotatable bonds is 3. The molecule has 88 valence electrons. The molecule has 1 unspecified atom stereocenters. The number of hydrogen-bond acceptors (Lipinski definition) is 4. The highest BCUT2D eigenvalue weighted by Crippen LogP contribution is 2.38. The quantitative estimate of drug-likeness (QED) is 0.718. The summed E-state index contributed by atoms with van der Waals surface area (Å²) >= 11 is 0. The minimum Gasteiger partial charge on any atom is -0.465 e. The minimum absolute atomic E-state index is 0.207. The fourth-order valence-corrected chi connectivity index (χ4v) is 1.77. The minimum atomic E-state index is -1.10. The van der Waals surface area contributed by atoms with Crippen LogP contribution >= 0.6 is 0 Å². The second-order valence-electron chi connectivity index (χ2n) is 4.53. The Balaban J connectivity index is 2.77. The molecule has 0 amide bonds. The van der Waals surface area contributed by atoms with Gasteiger partial charge in [-0.1, -0.05) is 0 Å². The molecule has 1 aliphatic rings. The monoisotopic (exact) mass is 216 g/mol. The van der Waals surface area contributed by atoms with Crippen molar-refractivity contribution in [2.45, 2.75) is 39.2 Å². The molecule has 1 saturated heterocycles. The molecule has 0 bridgehead atoms. The molecule has 1 aliphatic heterocycles. The summed E-state index contributed by atoms with van der Waals surface area (Å²) in [6.07, 6.45) is 1.36. The van der Waals surface area contributed by atoms with Gasteiger partial charge in [-0.15, -0.1) is 0 Å². The Bertz CT molecular complexity index is 229. The number of carbonyl (C=O) groups excluding carboxylic acids is 1. The Hall–Kier alpha value is -0.610. The van der Waals surface area contributed by atoms with E-state index in [2.05, 4.69) is 0 Å². The van der Waals surface area contributed by atoms with Gasteiger partial charge in [-0.25, -0.2) is 0 Å². The van der Waals surface area contributed by atoms with E-state index in [0.29, 0.717) is 19.6 Å². The highest BCUT2D eigenvalue weighted by Gasteiger charge is 2.50. The fourth-order valence-electron chi connectivity index (χ4n) is 1.77. The summed E-state index contributed by atoms with van der Waals surface area (Å²) in [5.41, 5.74) is -2.01. The Morgan fingerprint density at radius 1 is 1.60 bits per heavy atom. The maximum absolute atomic E-state index is 11.7. The zero-order chi connectivity index (χ0) is 11.5. The van der Waals surface area contributed by atoms with E-state index in [9.17, 15) is 9.90 Å². The van der Waals surface area contributed by atoms with Crippen LogP contribution in [-0.2, 0) is 14.3 Å². The van der Waals surface area contributed by atoms with Gasteiger partial charge in [0.25, 0.3) is 0 Å². The van der Waals surface area contributed by atoms with Crippen molar-refractivity contribution in [1.82, 2.24) is 0 Å². The molecular formula is C11H20O4. The molecule has 0 aliphatic carbocycles. The van der Waals surface area contributed by atoms with E-state index in [0.717, 1.165) is 6.42 Å². The molecule has 0 saturated carbocycles. The van der Waals surface area contributed by atoms with Crippen LogP contribution in [0.5, 0.6) is 0 Å². The van der Waals surface area contributed by atoms with E-state index in [1.807, 2.05) is 0 Å². The molecule has 0 aromatic rings. The van der Waals surface area contributed by atoms with Crippen LogP contribution in [0.25, 0.3) is 0 Å². The summed E-state index contributed by atoms with van der Waals surface area (Å²) in [5, 5.41) is 10.4. The molecule has 4 heteroatoms. The topological polar surface area (TPSA) is 55.8 Å². The van der Waals surface area contributed by atoms with Gasteiger partial charge in [0.2, 0.25) is 0 Å². The summed E-state index contributed by atoms with van der Waals surface area (Å²) in [6, 6.07) is 0. The normalized spacial score (nSPS) is 27.5. The van der Waals surface area contributed by atoms with Gasteiger partial charge in [0, 0.05) is 6.61 Å². The van der Waals surface area contributed by atoms with Gasteiger partial charge in [0.15, 0.2) is 0 Å².